The first-order valence-electron chi connectivity index (χ1n) is 4.28. The van der Waals surface area contributed by atoms with Crippen LogP contribution in [0.2, 0.25) is 0 Å². The summed E-state index contributed by atoms with van der Waals surface area (Å²) in [6.07, 6.45) is 0.776. The maximum atomic E-state index is 10.7. The van der Waals surface area contributed by atoms with Crippen LogP contribution in [0, 0.1) is 3.57 Å². The predicted molar refractivity (Wildman–Crippen MR) is 63.5 cm³/mol. The van der Waals surface area contributed by atoms with Gasteiger partial charge in [-0.15, -0.1) is 0 Å². The molecule has 0 unspecified atom stereocenters. The minimum absolute atomic E-state index is 0.0965. The van der Waals surface area contributed by atoms with Crippen molar-refractivity contribution in [1.82, 2.24) is 0 Å². The van der Waals surface area contributed by atoms with Crippen LogP contribution < -0.4 is 5.73 Å². The summed E-state index contributed by atoms with van der Waals surface area (Å²) in [5.74, 6) is -0.893. The zero-order valence-electron chi connectivity index (χ0n) is 7.83. The fourth-order valence-corrected chi connectivity index (χ4v) is 1.93. The lowest BCUT2D eigenvalue weighted by Gasteiger charge is -2.08. The molecule has 0 aromatic heterocycles. The SMILES string of the molecule is C[C@@H](N)Cc1ccc(C(=O)O)cc1I. The molecule has 0 aliphatic carbocycles. The molecule has 0 aliphatic rings. The van der Waals surface area contributed by atoms with Crippen molar-refractivity contribution in [2.24, 2.45) is 5.73 Å². The molecule has 0 saturated heterocycles. The Morgan fingerprint density at radius 2 is 2.29 bits per heavy atom. The first-order valence-corrected chi connectivity index (χ1v) is 5.36. The minimum atomic E-state index is -0.893. The van der Waals surface area contributed by atoms with Crippen molar-refractivity contribution in [3.63, 3.8) is 0 Å². The molecule has 14 heavy (non-hydrogen) atoms. The van der Waals surface area contributed by atoms with Gasteiger partial charge in [-0.05, 0) is 53.6 Å². The van der Waals surface area contributed by atoms with Gasteiger partial charge in [0.05, 0.1) is 5.56 Å². The van der Waals surface area contributed by atoms with Crippen LogP contribution in [-0.2, 0) is 6.42 Å². The molecular weight excluding hydrogens is 293 g/mol. The van der Waals surface area contributed by atoms with E-state index in [-0.39, 0.29) is 6.04 Å². The van der Waals surface area contributed by atoms with Crippen molar-refractivity contribution >= 4 is 28.6 Å². The van der Waals surface area contributed by atoms with Crippen molar-refractivity contribution in [3.8, 4) is 0 Å². The van der Waals surface area contributed by atoms with E-state index in [1.165, 1.54) is 0 Å². The van der Waals surface area contributed by atoms with Gasteiger partial charge in [-0.3, -0.25) is 0 Å². The third-order valence-corrected chi connectivity index (χ3v) is 2.85. The van der Waals surface area contributed by atoms with Crippen LogP contribution in [0.25, 0.3) is 0 Å². The predicted octanol–water partition coefficient (Wildman–Crippen LogP) is 1.88. The van der Waals surface area contributed by atoms with Gasteiger partial charge in [0, 0.05) is 9.61 Å². The summed E-state index contributed by atoms with van der Waals surface area (Å²) >= 11 is 2.13. The molecule has 3 N–H and O–H groups in total. The number of hydrogen-bond acceptors (Lipinski definition) is 2. The van der Waals surface area contributed by atoms with Gasteiger partial charge in [-0.1, -0.05) is 6.07 Å². The maximum absolute atomic E-state index is 10.7. The minimum Gasteiger partial charge on any atom is -0.478 e. The van der Waals surface area contributed by atoms with Gasteiger partial charge < -0.3 is 10.8 Å². The summed E-state index contributed by atoms with van der Waals surface area (Å²) in [5, 5.41) is 8.75. The molecule has 1 rings (SSSR count). The second-order valence-corrected chi connectivity index (χ2v) is 4.45. The van der Waals surface area contributed by atoms with Crippen molar-refractivity contribution in [1.29, 1.82) is 0 Å². The number of hydrogen-bond donors (Lipinski definition) is 2. The summed E-state index contributed by atoms with van der Waals surface area (Å²) in [5.41, 5.74) is 7.10. The van der Waals surface area contributed by atoms with Gasteiger partial charge in [0.2, 0.25) is 0 Å². The van der Waals surface area contributed by atoms with E-state index in [1.54, 1.807) is 12.1 Å². The largest absolute Gasteiger partial charge is 0.478 e. The molecule has 3 nitrogen and oxygen atoms in total. The van der Waals surface area contributed by atoms with Crippen LogP contribution in [0.1, 0.15) is 22.8 Å². The highest BCUT2D eigenvalue weighted by Crippen LogP contribution is 2.16. The maximum Gasteiger partial charge on any atom is 0.335 e. The van der Waals surface area contributed by atoms with E-state index in [0.717, 1.165) is 15.6 Å². The molecule has 1 aromatic carbocycles. The lowest BCUT2D eigenvalue weighted by molar-refractivity contribution is 0.0697. The summed E-state index contributed by atoms with van der Waals surface area (Å²) in [6.45, 7) is 1.93. The van der Waals surface area contributed by atoms with Gasteiger partial charge in [0.25, 0.3) is 0 Å². The number of rotatable bonds is 3. The fraction of sp³-hybridized carbons (Fsp3) is 0.300. The number of carboxylic acids is 1. The van der Waals surface area contributed by atoms with E-state index in [0.29, 0.717) is 5.56 Å². The number of carboxylic acid groups (broad SMARTS) is 1. The normalized spacial score (nSPS) is 12.5. The van der Waals surface area contributed by atoms with Gasteiger partial charge >= 0.3 is 5.97 Å². The molecule has 0 heterocycles. The second kappa shape index (κ2) is 4.75. The Labute approximate surface area is 96.4 Å². The third-order valence-electron chi connectivity index (χ3n) is 1.84. The molecular formula is C10H12INO2. The standard InChI is InChI=1S/C10H12INO2/c1-6(12)4-7-2-3-8(10(13)14)5-9(7)11/h2-3,5-6H,4,12H2,1H3,(H,13,14)/t6-/m1/s1. The van der Waals surface area contributed by atoms with Crippen LogP contribution in [-0.4, -0.2) is 17.1 Å². The lowest BCUT2D eigenvalue weighted by Crippen LogP contribution is -2.18. The van der Waals surface area contributed by atoms with Gasteiger partial charge in [0.15, 0.2) is 0 Å². The fourth-order valence-electron chi connectivity index (χ4n) is 1.19. The highest BCUT2D eigenvalue weighted by atomic mass is 127. The van der Waals surface area contributed by atoms with Crippen LogP contribution in [0.3, 0.4) is 0 Å². The number of benzene rings is 1. The summed E-state index contributed by atoms with van der Waals surface area (Å²) in [4.78, 5) is 10.7. The van der Waals surface area contributed by atoms with E-state index in [9.17, 15) is 4.79 Å². The van der Waals surface area contributed by atoms with Crippen LogP contribution in [0.5, 0.6) is 0 Å². The lowest BCUT2D eigenvalue weighted by atomic mass is 10.1. The Bertz CT molecular complexity index is 350. The van der Waals surface area contributed by atoms with Gasteiger partial charge in [0.1, 0.15) is 0 Å². The first kappa shape index (κ1) is 11.5. The molecule has 0 spiro atoms. The van der Waals surface area contributed by atoms with E-state index in [4.69, 9.17) is 10.8 Å². The molecule has 76 valence electrons. The quantitative estimate of drug-likeness (QED) is 0.838. The smallest absolute Gasteiger partial charge is 0.335 e. The Morgan fingerprint density at radius 1 is 1.64 bits per heavy atom. The van der Waals surface area contributed by atoms with Crippen LogP contribution in [0.4, 0.5) is 0 Å². The highest BCUT2D eigenvalue weighted by molar-refractivity contribution is 14.1. The highest BCUT2D eigenvalue weighted by Gasteiger charge is 2.07. The van der Waals surface area contributed by atoms with Crippen LogP contribution >= 0.6 is 22.6 Å². The topological polar surface area (TPSA) is 63.3 Å². The molecule has 0 radical (unpaired) electrons. The molecule has 1 aromatic rings. The molecule has 0 saturated carbocycles. The zero-order chi connectivity index (χ0) is 10.7. The number of halogens is 1. The van der Waals surface area contributed by atoms with Crippen molar-refractivity contribution in [2.75, 3.05) is 0 Å². The summed E-state index contributed by atoms with van der Waals surface area (Å²) in [6, 6.07) is 5.21. The van der Waals surface area contributed by atoms with Crippen molar-refractivity contribution < 1.29 is 9.90 Å². The molecule has 4 heteroatoms. The Hall–Kier alpha value is -0.620. The Kier molecular flexibility index (Phi) is 3.88. The second-order valence-electron chi connectivity index (χ2n) is 3.29. The van der Waals surface area contributed by atoms with Crippen LogP contribution in [0.15, 0.2) is 18.2 Å². The average molecular weight is 305 g/mol. The molecule has 0 fully saturated rings. The monoisotopic (exact) mass is 305 g/mol. The Balaban J connectivity index is 2.95. The molecule has 0 bridgehead atoms. The number of aromatic carboxylic acids is 1. The van der Waals surface area contributed by atoms with E-state index in [1.807, 2.05) is 13.0 Å². The third kappa shape index (κ3) is 2.95. The molecule has 0 amide bonds. The summed E-state index contributed by atoms with van der Waals surface area (Å²) in [7, 11) is 0. The molecule has 0 aliphatic heterocycles. The van der Waals surface area contributed by atoms with E-state index >= 15 is 0 Å². The zero-order valence-corrected chi connectivity index (χ0v) is 9.98. The van der Waals surface area contributed by atoms with E-state index < -0.39 is 5.97 Å². The van der Waals surface area contributed by atoms with Crippen molar-refractivity contribution in [2.45, 2.75) is 19.4 Å². The van der Waals surface area contributed by atoms with Gasteiger partial charge in [-0.2, -0.15) is 0 Å². The number of nitrogens with two attached hydrogens (primary N) is 1. The van der Waals surface area contributed by atoms with Crippen molar-refractivity contribution in [3.05, 3.63) is 32.9 Å². The average Bonchev–Trinajstić information content (AvgIpc) is 2.07. The Morgan fingerprint density at radius 3 is 2.71 bits per heavy atom. The van der Waals surface area contributed by atoms with Gasteiger partial charge in [-0.25, -0.2) is 4.79 Å². The van der Waals surface area contributed by atoms with E-state index in [2.05, 4.69) is 22.6 Å². The molecule has 1 atom stereocenters. The first-order chi connectivity index (χ1) is 6.50. The summed E-state index contributed by atoms with van der Waals surface area (Å²) < 4.78 is 0.958. The number of carbonyl (C=O) groups is 1.